The minimum absolute atomic E-state index is 0.758. The Labute approximate surface area is 77.0 Å². The quantitative estimate of drug-likeness (QED) is 0.647. The molecule has 2 rings (SSSR count). The van der Waals surface area contributed by atoms with E-state index in [0.29, 0.717) is 0 Å². The van der Waals surface area contributed by atoms with E-state index in [-0.39, 0.29) is 0 Å². The van der Waals surface area contributed by atoms with Crippen LogP contribution in [-0.4, -0.2) is 24.1 Å². The highest BCUT2D eigenvalue weighted by atomic mass is 15.1. The summed E-state index contributed by atoms with van der Waals surface area (Å²) in [4.78, 5) is 10.4. The number of rotatable bonds is 1. The van der Waals surface area contributed by atoms with Crippen LogP contribution in [0.2, 0.25) is 0 Å². The summed E-state index contributed by atoms with van der Waals surface area (Å²) in [6.45, 7) is 0. The van der Waals surface area contributed by atoms with Crippen molar-refractivity contribution in [2.45, 2.75) is 0 Å². The molecule has 13 heavy (non-hydrogen) atoms. The number of aromatic nitrogens is 2. The Balaban J connectivity index is 2.76. The zero-order chi connectivity index (χ0) is 9.26. The van der Waals surface area contributed by atoms with Crippen molar-refractivity contribution in [1.82, 2.24) is 9.97 Å². The summed E-state index contributed by atoms with van der Waals surface area (Å²) >= 11 is 0. The molecule has 64 valence electrons. The summed E-state index contributed by atoms with van der Waals surface area (Å²) in [5.74, 6) is 0. The second-order valence-electron chi connectivity index (χ2n) is 2.95. The van der Waals surface area contributed by atoms with Gasteiger partial charge < -0.3 is 4.90 Å². The van der Waals surface area contributed by atoms with E-state index in [9.17, 15) is 0 Å². The van der Waals surface area contributed by atoms with Crippen LogP contribution >= 0.6 is 0 Å². The standard InChI is InChI=1S/C10H9N3/c1-13(2)9-5-7-11-8-4-3-6-12-10(8)9/h5-7H,1-2H3. The molecular formula is C10H9N3. The van der Waals surface area contributed by atoms with Gasteiger partial charge in [-0.05, 0) is 18.2 Å². The first kappa shape index (κ1) is 7.81. The first-order chi connectivity index (χ1) is 6.29. The fraction of sp³-hybridized carbons (Fsp3) is 0.200. The van der Waals surface area contributed by atoms with Crippen LogP contribution in [0, 0.1) is 12.1 Å². The molecule has 0 spiro atoms. The zero-order valence-electron chi connectivity index (χ0n) is 7.57. The van der Waals surface area contributed by atoms with E-state index in [1.54, 1.807) is 12.4 Å². The molecule has 0 amide bonds. The maximum Gasteiger partial charge on any atom is 0.141 e. The van der Waals surface area contributed by atoms with Crippen LogP contribution < -0.4 is 4.90 Å². The number of hydrogen-bond acceptors (Lipinski definition) is 3. The van der Waals surface area contributed by atoms with E-state index in [2.05, 4.69) is 22.1 Å². The molecule has 0 saturated carbocycles. The average Bonchev–Trinajstić information content (AvgIpc) is 2.17. The number of pyridine rings is 1. The van der Waals surface area contributed by atoms with Gasteiger partial charge in [0.1, 0.15) is 11.0 Å². The van der Waals surface area contributed by atoms with Gasteiger partial charge in [-0.3, -0.25) is 0 Å². The van der Waals surface area contributed by atoms with Gasteiger partial charge in [-0.2, -0.15) is 0 Å². The molecule has 0 aliphatic carbocycles. The molecule has 0 fully saturated rings. The minimum Gasteiger partial charge on any atom is -0.376 e. The maximum absolute atomic E-state index is 4.21. The molecule has 0 aromatic carbocycles. The van der Waals surface area contributed by atoms with Crippen molar-refractivity contribution < 1.29 is 0 Å². The summed E-state index contributed by atoms with van der Waals surface area (Å²) in [5, 5.41) is 0. The fourth-order valence-corrected chi connectivity index (χ4v) is 1.22. The number of fused-ring (bicyclic) bond motifs is 1. The predicted molar refractivity (Wildman–Crippen MR) is 51.5 cm³/mol. The Morgan fingerprint density at radius 1 is 1.31 bits per heavy atom. The normalized spacial score (nSPS) is 9.69. The smallest absolute Gasteiger partial charge is 0.141 e. The Bertz CT molecular complexity index is 418. The number of nitrogens with zero attached hydrogens (tertiary/aromatic N) is 3. The summed E-state index contributed by atoms with van der Waals surface area (Å²) in [7, 11) is 3.96. The fourth-order valence-electron chi connectivity index (χ4n) is 1.22. The molecule has 0 radical (unpaired) electrons. The van der Waals surface area contributed by atoms with Crippen LogP contribution in [0.1, 0.15) is 0 Å². The Morgan fingerprint density at radius 3 is 2.92 bits per heavy atom. The molecule has 0 N–H and O–H groups in total. The monoisotopic (exact) mass is 171 g/mol. The lowest BCUT2D eigenvalue weighted by atomic mass is 10.3. The Kier molecular flexibility index (Phi) is 1.75. The molecule has 2 heterocycles. The van der Waals surface area contributed by atoms with E-state index < -0.39 is 0 Å². The van der Waals surface area contributed by atoms with Crippen LogP contribution in [0.25, 0.3) is 11.0 Å². The number of anilines is 1. The summed E-state index contributed by atoms with van der Waals surface area (Å²) in [5.41, 5.74) is 2.68. The van der Waals surface area contributed by atoms with Crippen molar-refractivity contribution >= 4 is 16.7 Å². The first-order valence-electron chi connectivity index (χ1n) is 3.99. The maximum atomic E-state index is 4.21. The summed E-state index contributed by atoms with van der Waals surface area (Å²) in [6, 6.07) is 7.64. The zero-order valence-corrected chi connectivity index (χ0v) is 7.57. The van der Waals surface area contributed by atoms with Crippen molar-refractivity contribution in [3.63, 3.8) is 0 Å². The van der Waals surface area contributed by atoms with Crippen molar-refractivity contribution in [2.24, 2.45) is 0 Å². The molecule has 2 aromatic rings. The highest BCUT2D eigenvalue weighted by molar-refractivity contribution is 5.86. The van der Waals surface area contributed by atoms with Gasteiger partial charge in [0.25, 0.3) is 0 Å². The predicted octanol–water partition coefficient (Wildman–Crippen LogP) is 1.30. The van der Waals surface area contributed by atoms with Crippen LogP contribution in [0.4, 0.5) is 5.69 Å². The molecule has 0 saturated heterocycles. The van der Waals surface area contributed by atoms with Crippen molar-refractivity contribution in [3.8, 4) is 0 Å². The molecule has 0 aliphatic rings. The second-order valence-corrected chi connectivity index (χ2v) is 2.95. The van der Waals surface area contributed by atoms with Gasteiger partial charge in [-0.1, -0.05) is 0 Å². The van der Waals surface area contributed by atoms with E-state index in [0.717, 1.165) is 16.7 Å². The lowest BCUT2D eigenvalue weighted by molar-refractivity contribution is 1.13. The third-order valence-electron chi connectivity index (χ3n) is 1.83. The third-order valence-corrected chi connectivity index (χ3v) is 1.83. The SMILES string of the molecule is CN(C)c1ccnc2c#ccnc12. The van der Waals surface area contributed by atoms with Gasteiger partial charge in [0.2, 0.25) is 0 Å². The Morgan fingerprint density at radius 2 is 2.15 bits per heavy atom. The molecule has 0 atom stereocenters. The van der Waals surface area contributed by atoms with Gasteiger partial charge in [0.05, 0.1) is 11.9 Å². The van der Waals surface area contributed by atoms with Crippen LogP contribution in [-0.2, 0) is 0 Å². The van der Waals surface area contributed by atoms with Gasteiger partial charge in [0.15, 0.2) is 0 Å². The molecule has 0 bridgehead atoms. The van der Waals surface area contributed by atoms with Gasteiger partial charge in [-0.25, -0.2) is 9.97 Å². The van der Waals surface area contributed by atoms with Crippen LogP contribution in [0.15, 0.2) is 18.5 Å². The topological polar surface area (TPSA) is 29.0 Å². The highest BCUT2D eigenvalue weighted by Crippen LogP contribution is 2.18. The van der Waals surface area contributed by atoms with Crippen molar-refractivity contribution in [3.05, 3.63) is 30.6 Å². The molecular weight excluding hydrogens is 162 g/mol. The largest absolute Gasteiger partial charge is 0.376 e. The molecule has 2 aromatic heterocycles. The van der Waals surface area contributed by atoms with Gasteiger partial charge in [-0.15, -0.1) is 0 Å². The van der Waals surface area contributed by atoms with E-state index in [1.807, 2.05) is 25.1 Å². The van der Waals surface area contributed by atoms with Crippen LogP contribution in [0.3, 0.4) is 0 Å². The number of hydrogen-bond donors (Lipinski definition) is 0. The second kappa shape index (κ2) is 2.91. The Hall–Kier alpha value is -1.82. The lowest BCUT2D eigenvalue weighted by Crippen LogP contribution is -2.09. The lowest BCUT2D eigenvalue weighted by Gasteiger charge is -2.12. The van der Waals surface area contributed by atoms with E-state index >= 15 is 0 Å². The van der Waals surface area contributed by atoms with E-state index in [4.69, 9.17) is 0 Å². The van der Waals surface area contributed by atoms with Crippen molar-refractivity contribution in [2.75, 3.05) is 19.0 Å². The van der Waals surface area contributed by atoms with Gasteiger partial charge in [0, 0.05) is 20.3 Å². The third kappa shape index (κ3) is 1.27. The highest BCUT2D eigenvalue weighted by Gasteiger charge is 2.02. The average molecular weight is 171 g/mol. The first-order valence-corrected chi connectivity index (χ1v) is 3.99. The minimum atomic E-state index is 0.758. The molecule has 0 aliphatic heterocycles. The van der Waals surface area contributed by atoms with Crippen molar-refractivity contribution in [1.29, 1.82) is 0 Å². The van der Waals surface area contributed by atoms with Crippen LogP contribution in [0.5, 0.6) is 0 Å². The molecule has 3 nitrogen and oxygen atoms in total. The molecule has 0 unspecified atom stereocenters. The summed E-state index contributed by atoms with van der Waals surface area (Å²) in [6.07, 6.45) is 3.36. The molecule has 3 heteroatoms. The summed E-state index contributed by atoms with van der Waals surface area (Å²) < 4.78 is 0. The van der Waals surface area contributed by atoms with E-state index in [1.165, 1.54) is 0 Å². The van der Waals surface area contributed by atoms with Gasteiger partial charge >= 0.3 is 0 Å².